The summed E-state index contributed by atoms with van der Waals surface area (Å²) in [6.07, 6.45) is 0. The Morgan fingerprint density at radius 3 is 2.57 bits per heavy atom. The molecule has 23 heavy (non-hydrogen) atoms. The summed E-state index contributed by atoms with van der Waals surface area (Å²) in [5, 5.41) is 11.2. The highest BCUT2D eigenvalue weighted by molar-refractivity contribution is 8.00. The number of nitro groups is 1. The van der Waals surface area contributed by atoms with Gasteiger partial charge in [-0.15, -0.1) is 11.8 Å². The Labute approximate surface area is 142 Å². The minimum absolute atomic E-state index is 0.00160. The van der Waals surface area contributed by atoms with Crippen LogP contribution in [-0.4, -0.2) is 16.6 Å². The summed E-state index contributed by atoms with van der Waals surface area (Å²) in [5.74, 6) is 0.367. The Balaban J connectivity index is 1.96. The number of aryl methyl sites for hydroxylation is 1. The second-order valence-corrected chi connectivity index (χ2v) is 6.68. The summed E-state index contributed by atoms with van der Waals surface area (Å²) in [7, 11) is 0. The number of non-ortho nitro benzene ring substituents is 1. The third-order valence-electron chi connectivity index (χ3n) is 3.69. The van der Waals surface area contributed by atoms with Gasteiger partial charge in [0, 0.05) is 22.8 Å². The Bertz CT molecular complexity index is 779. The molecule has 0 saturated carbocycles. The lowest BCUT2D eigenvalue weighted by molar-refractivity contribution is -0.384. The van der Waals surface area contributed by atoms with Crippen molar-refractivity contribution in [2.75, 3.05) is 10.7 Å². The van der Waals surface area contributed by atoms with Gasteiger partial charge < -0.3 is 0 Å². The molecule has 0 aromatic heterocycles. The molecule has 0 N–H and O–H groups in total. The molecular weight excluding hydrogens is 336 g/mol. The van der Waals surface area contributed by atoms with Crippen LogP contribution in [0.2, 0.25) is 5.02 Å². The second-order valence-electron chi connectivity index (χ2n) is 5.21. The Morgan fingerprint density at radius 1 is 1.26 bits per heavy atom. The minimum atomic E-state index is -0.436. The predicted molar refractivity (Wildman–Crippen MR) is 92.0 cm³/mol. The van der Waals surface area contributed by atoms with Gasteiger partial charge in [-0.3, -0.25) is 19.8 Å². The van der Waals surface area contributed by atoms with E-state index in [0.29, 0.717) is 10.8 Å². The van der Waals surface area contributed by atoms with E-state index < -0.39 is 4.92 Å². The molecule has 7 heteroatoms. The maximum Gasteiger partial charge on any atom is 0.269 e. The van der Waals surface area contributed by atoms with Gasteiger partial charge in [0.2, 0.25) is 5.91 Å². The topological polar surface area (TPSA) is 63.5 Å². The van der Waals surface area contributed by atoms with E-state index in [1.807, 2.05) is 19.1 Å². The minimum Gasteiger partial charge on any atom is -0.295 e. The second kappa shape index (κ2) is 6.22. The lowest BCUT2D eigenvalue weighted by Gasteiger charge is -2.24. The molecule has 1 heterocycles. The molecule has 1 amide bonds. The van der Waals surface area contributed by atoms with Gasteiger partial charge in [0.1, 0.15) is 5.37 Å². The summed E-state index contributed by atoms with van der Waals surface area (Å²) in [6, 6.07) is 11.8. The summed E-state index contributed by atoms with van der Waals surface area (Å²) in [6.45, 7) is 1.90. The van der Waals surface area contributed by atoms with Crippen LogP contribution in [0.5, 0.6) is 0 Å². The third kappa shape index (κ3) is 3.04. The molecule has 0 radical (unpaired) electrons. The zero-order valence-corrected chi connectivity index (χ0v) is 13.8. The summed E-state index contributed by atoms with van der Waals surface area (Å²) in [4.78, 5) is 24.3. The average Bonchev–Trinajstić information content (AvgIpc) is 2.92. The number of thioether (sulfide) groups is 1. The van der Waals surface area contributed by atoms with E-state index >= 15 is 0 Å². The highest BCUT2D eigenvalue weighted by Crippen LogP contribution is 2.42. The smallest absolute Gasteiger partial charge is 0.269 e. The first kappa shape index (κ1) is 15.8. The highest BCUT2D eigenvalue weighted by atomic mass is 35.5. The molecule has 1 unspecified atom stereocenters. The van der Waals surface area contributed by atoms with Crippen molar-refractivity contribution in [2.24, 2.45) is 0 Å². The predicted octanol–water partition coefficient (Wildman–Crippen LogP) is 4.34. The lowest BCUT2D eigenvalue weighted by Crippen LogP contribution is -2.27. The van der Waals surface area contributed by atoms with Gasteiger partial charge in [-0.1, -0.05) is 17.7 Å². The number of nitro benzene ring substituents is 1. The monoisotopic (exact) mass is 348 g/mol. The largest absolute Gasteiger partial charge is 0.295 e. The zero-order chi connectivity index (χ0) is 16.6. The zero-order valence-electron chi connectivity index (χ0n) is 12.2. The van der Waals surface area contributed by atoms with Crippen molar-refractivity contribution >= 4 is 40.6 Å². The number of hydrogen-bond donors (Lipinski definition) is 0. The first-order valence-electron chi connectivity index (χ1n) is 6.91. The van der Waals surface area contributed by atoms with Crippen molar-refractivity contribution in [3.8, 4) is 0 Å². The number of carbonyl (C=O) groups excluding carboxylic acids is 1. The highest BCUT2D eigenvalue weighted by Gasteiger charge is 2.34. The van der Waals surface area contributed by atoms with Crippen LogP contribution >= 0.6 is 23.4 Å². The third-order valence-corrected chi connectivity index (χ3v) is 5.31. The number of halogens is 1. The maximum atomic E-state index is 12.3. The number of amides is 1. The lowest BCUT2D eigenvalue weighted by atomic mass is 10.1. The molecule has 0 bridgehead atoms. The number of benzene rings is 2. The van der Waals surface area contributed by atoms with Gasteiger partial charge in [0.25, 0.3) is 5.69 Å². The van der Waals surface area contributed by atoms with Crippen LogP contribution in [0.3, 0.4) is 0 Å². The molecular formula is C16H13ClN2O3S. The van der Waals surface area contributed by atoms with E-state index in [1.54, 1.807) is 23.1 Å². The fourth-order valence-corrected chi connectivity index (χ4v) is 3.79. The van der Waals surface area contributed by atoms with E-state index in [1.165, 1.54) is 23.9 Å². The van der Waals surface area contributed by atoms with Crippen LogP contribution in [0.15, 0.2) is 42.5 Å². The van der Waals surface area contributed by atoms with Gasteiger partial charge in [-0.2, -0.15) is 0 Å². The fourth-order valence-electron chi connectivity index (χ4n) is 2.44. The van der Waals surface area contributed by atoms with Crippen LogP contribution in [0.4, 0.5) is 11.4 Å². The summed E-state index contributed by atoms with van der Waals surface area (Å²) >= 11 is 7.66. The van der Waals surface area contributed by atoms with Gasteiger partial charge in [-0.05, 0) is 42.3 Å². The van der Waals surface area contributed by atoms with Crippen LogP contribution in [0.25, 0.3) is 0 Å². The van der Waals surface area contributed by atoms with Crippen molar-refractivity contribution in [1.82, 2.24) is 0 Å². The van der Waals surface area contributed by atoms with Crippen molar-refractivity contribution < 1.29 is 9.72 Å². The molecule has 1 atom stereocenters. The number of nitrogens with zero attached hydrogens (tertiary/aromatic N) is 2. The summed E-state index contributed by atoms with van der Waals surface area (Å²) in [5.41, 5.74) is 2.57. The number of rotatable bonds is 3. The van der Waals surface area contributed by atoms with Crippen molar-refractivity contribution in [2.45, 2.75) is 12.3 Å². The van der Waals surface area contributed by atoms with Gasteiger partial charge in [0.05, 0.1) is 10.7 Å². The molecule has 0 aliphatic carbocycles. The van der Waals surface area contributed by atoms with E-state index in [2.05, 4.69) is 0 Å². The first-order chi connectivity index (χ1) is 11.0. The molecule has 0 spiro atoms. The Kier molecular flexibility index (Phi) is 4.28. The van der Waals surface area contributed by atoms with Crippen LogP contribution in [0, 0.1) is 17.0 Å². The normalized spacial score (nSPS) is 17.6. The van der Waals surface area contributed by atoms with Crippen LogP contribution < -0.4 is 4.90 Å². The van der Waals surface area contributed by atoms with E-state index in [0.717, 1.165) is 16.8 Å². The molecule has 1 fully saturated rings. The molecule has 2 aromatic carbocycles. The van der Waals surface area contributed by atoms with Gasteiger partial charge >= 0.3 is 0 Å². The Hall–Kier alpha value is -2.05. The molecule has 3 rings (SSSR count). The molecule has 118 valence electrons. The number of carbonyl (C=O) groups is 1. The molecule has 1 aliphatic heterocycles. The molecule has 1 saturated heterocycles. The fraction of sp³-hybridized carbons (Fsp3) is 0.188. The van der Waals surface area contributed by atoms with Gasteiger partial charge in [-0.25, -0.2) is 0 Å². The summed E-state index contributed by atoms with van der Waals surface area (Å²) < 4.78 is 0. The standard InChI is InChI=1S/C16H13ClN2O3S/c1-10-2-5-13(8-14(10)17)18-15(20)9-23-16(18)11-3-6-12(7-4-11)19(21)22/h2-8,16H,9H2,1H3. The van der Waals surface area contributed by atoms with Crippen LogP contribution in [-0.2, 0) is 4.79 Å². The quantitative estimate of drug-likeness (QED) is 0.611. The SMILES string of the molecule is Cc1ccc(N2C(=O)CSC2c2ccc([N+](=O)[O-])cc2)cc1Cl. The molecule has 5 nitrogen and oxygen atoms in total. The number of anilines is 1. The van der Waals surface area contributed by atoms with Crippen LogP contribution in [0.1, 0.15) is 16.5 Å². The van der Waals surface area contributed by atoms with E-state index in [9.17, 15) is 14.9 Å². The van der Waals surface area contributed by atoms with Crippen molar-refractivity contribution in [3.05, 3.63) is 68.7 Å². The van der Waals surface area contributed by atoms with Crippen molar-refractivity contribution in [1.29, 1.82) is 0 Å². The molecule has 2 aromatic rings. The van der Waals surface area contributed by atoms with Gasteiger partial charge in [0.15, 0.2) is 0 Å². The van der Waals surface area contributed by atoms with E-state index in [4.69, 9.17) is 11.6 Å². The average molecular weight is 349 g/mol. The number of hydrogen-bond acceptors (Lipinski definition) is 4. The van der Waals surface area contributed by atoms with Crippen molar-refractivity contribution in [3.63, 3.8) is 0 Å². The molecule has 1 aliphatic rings. The maximum absolute atomic E-state index is 12.3. The first-order valence-corrected chi connectivity index (χ1v) is 8.34. The van der Waals surface area contributed by atoms with E-state index in [-0.39, 0.29) is 17.0 Å². The Morgan fingerprint density at radius 2 is 1.96 bits per heavy atom.